The summed E-state index contributed by atoms with van der Waals surface area (Å²) >= 11 is 0. The molecular formula is C14H23FIN3O. The molecule has 0 radical (unpaired) electrons. The van der Waals surface area contributed by atoms with Gasteiger partial charge in [-0.25, -0.2) is 4.39 Å². The van der Waals surface area contributed by atoms with Gasteiger partial charge < -0.3 is 15.8 Å². The van der Waals surface area contributed by atoms with Crippen LogP contribution in [0.2, 0.25) is 0 Å². The lowest BCUT2D eigenvalue weighted by atomic mass is 10.1. The first-order chi connectivity index (χ1) is 9.06. The van der Waals surface area contributed by atoms with Gasteiger partial charge in [-0.15, -0.1) is 24.0 Å². The van der Waals surface area contributed by atoms with Gasteiger partial charge in [0.05, 0.1) is 6.54 Å². The molecule has 3 N–H and O–H groups in total. The van der Waals surface area contributed by atoms with Crippen LogP contribution in [0.5, 0.6) is 0 Å². The van der Waals surface area contributed by atoms with Gasteiger partial charge in [-0.1, -0.05) is 19.1 Å². The summed E-state index contributed by atoms with van der Waals surface area (Å²) in [6, 6.07) is 6.49. The van der Waals surface area contributed by atoms with Gasteiger partial charge in [0.1, 0.15) is 11.9 Å². The van der Waals surface area contributed by atoms with Crippen molar-refractivity contribution in [3.63, 3.8) is 0 Å². The Morgan fingerprint density at radius 3 is 2.50 bits per heavy atom. The Labute approximate surface area is 137 Å². The van der Waals surface area contributed by atoms with Crippen LogP contribution in [0.4, 0.5) is 4.39 Å². The molecule has 0 aliphatic carbocycles. The predicted molar refractivity (Wildman–Crippen MR) is 90.9 cm³/mol. The normalized spacial score (nSPS) is 14.3. The summed E-state index contributed by atoms with van der Waals surface area (Å²) in [5.74, 6) is 0.138. The van der Waals surface area contributed by atoms with E-state index in [0.717, 1.165) is 12.0 Å². The highest BCUT2D eigenvalue weighted by atomic mass is 127. The molecule has 0 aliphatic rings. The first-order valence-corrected chi connectivity index (χ1v) is 6.41. The Morgan fingerprint density at radius 1 is 1.40 bits per heavy atom. The molecule has 0 saturated carbocycles. The third kappa shape index (κ3) is 6.51. The Bertz CT molecular complexity index is 411. The monoisotopic (exact) mass is 395 g/mol. The molecule has 0 aromatic heterocycles. The quantitative estimate of drug-likeness (QED) is 0.443. The number of aliphatic imine (C=N–C) groups is 1. The SMILES string of the molecule is CCC(C)NC(N)=NCC(OC)c1ccc(F)cc1.I. The first kappa shape index (κ1) is 19.1. The second kappa shape index (κ2) is 9.93. The van der Waals surface area contributed by atoms with Crippen molar-refractivity contribution in [2.45, 2.75) is 32.4 Å². The summed E-state index contributed by atoms with van der Waals surface area (Å²) in [4.78, 5) is 4.25. The number of nitrogens with zero attached hydrogens (tertiary/aromatic N) is 1. The Kier molecular flexibility index (Phi) is 9.49. The van der Waals surface area contributed by atoms with Crippen molar-refractivity contribution in [2.24, 2.45) is 10.7 Å². The summed E-state index contributed by atoms with van der Waals surface area (Å²) < 4.78 is 18.2. The zero-order valence-corrected chi connectivity index (χ0v) is 14.4. The number of ether oxygens (including phenoxy) is 1. The fraction of sp³-hybridized carbons (Fsp3) is 0.500. The van der Waals surface area contributed by atoms with Crippen LogP contribution in [0.3, 0.4) is 0 Å². The molecule has 0 heterocycles. The van der Waals surface area contributed by atoms with Crippen LogP contribution in [0, 0.1) is 5.82 Å². The summed E-state index contributed by atoms with van der Waals surface area (Å²) in [5.41, 5.74) is 6.66. The molecule has 2 unspecified atom stereocenters. The van der Waals surface area contributed by atoms with Gasteiger partial charge in [0, 0.05) is 13.2 Å². The summed E-state index contributed by atoms with van der Waals surface area (Å²) in [7, 11) is 1.60. The van der Waals surface area contributed by atoms with E-state index in [1.165, 1.54) is 12.1 Å². The molecule has 0 aliphatic heterocycles. The molecular weight excluding hydrogens is 372 g/mol. The van der Waals surface area contributed by atoms with Gasteiger partial charge >= 0.3 is 0 Å². The molecule has 20 heavy (non-hydrogen) atoms. The number of nitrogens with one attached hydrogen (secondary N) is 1. The van der Waals surface area contributed by atoms with Gasteiger partial charge in [0.25, 0.3) is 0 Å². The molecule has 0 amide bonds. The van der Waals surface area contributed by atoms with E-state index in [1.807, 2.05) is 6.92 Å². The highest BCUT2D eigenvalue weighted by molar-refractivity contribution is 14.0. The predicted octanol–water partition coefficient (Wildman–Crippen LogP) is 2.83. The molecule has 0 fully saturated rings. The van der Waals surface area contributed by atoms with Crippen molar-refractivity contribution in [1.82, 2.24) is 5.32 Å². The van der Waals surface area contributed by atoms with Crippen molar-refractivity contribution in [2.75, 3.05) is 13.7 Å². The maximum Gasteiger partial charge on any atom is 0.188 e. The molecule has 1 rings (SSSR count). The van der Waals surface area contributed by atoms with E-state index >= 15 is 0 Å². The highest BCUT2D eigenvalue weighted by Crippen LogP contribution is 2.17. The lowest BCUT2D eigenvalue weighted by Gasteiger charge is -2.15. The van der Waals surface area contributed by atoms with Crippen molar-refractivity contribution in [1.29, 1.82) is 0 Å². The fourth-order valence-electron chi connectivity index (χ4n) is 1.57. The lowest BCUT2D eigenvalue weighted by Crippen LogP contribution is -2.38. The maximum atomic E-state index is 12.9. The molecule has 0 bridgehead atoms. The van der Waals surface area contributed by atoms with E-state index < -0.39 is 0 Å². The minimum atomic E-state index is -0.264. The van der Waals surface area contributed by atoms with Gasteiger partial charge in [0.2, 0.25) is 0 Å². The Morgan fingerprint density at radius 2 is 2.00 bits per heavy atom. The van der Waals surface area contributed by atoms with Gasteiger partial charge in [-0.3, -0.25) is 4.99 Å². The number of hydrogen-bond acceptors (Lipinski definition) is 2. The molecule has 114 valence electrons. The zero-order valence-electron chi connectivity index (χ0n) is 12.1. The summed E-state index contributed by atoms with van der Waals surface area (Å²) in [6.45, 7) is 4.51. The molecule has 2 atom stereocenters. The van der Waals surface area contributed by atoms with E-state index in [1.54, 1.807) is 19.2 Å². The van der Waals surface area contributed by atoms with Crippen molar-refractivity contribution >= 4 is 29.9 Å². The van der Waals surface area contributed by atoms with Crippen LogP contribution in [-0.2, 0) is 4.74 Å². The lowest BCUT2D eigenvalue weighted by molar-refractivity contribution is 0.111. The summed E-state index contributed by atoms with van der Waals surface area (Å²) in [6.07, 6.45) is 0.750. The second-order valence-corrected chi connectivity index (χ2v) is 4.46. The molecule has 0 spiro atoms. The average molecular weight is 395 g/mol. The van der Waals surface area contributed by atoms with Gasteiger partial charge in [0.15, 0.2) is 5.96 Å². The maximum absolute atomic E-state index is 12.9. The Hall–Kier alpha value is -0.890. The Balaban J connectivity index is 0.00000361. The summed E-state index contributed by atoms with van der Waals surface area (Å²) in [5, 5.41) is 3.08. The largest absolute Gasteiger partial charge is 0.375 e. The number of guanidine groups is 1. The highest BCUT2D eigenvalue weighted by Gasteiger charge is 2.10. The van der Waals surface area contributed by atoms with Crippen LogP contribution in [-0.4, -0.2) is 25.7 Å². The molecule has 1 aromatic rings. The first-order valence-electron chi connectivity index (χ1n) is 6.41. The minimum absolute atomic E-state index is 0. The zero-order chi connectivity index (χ0) is 14.3. The van der Waals surface area contributed by atoms with Crippen molar-refractivity contribution < 1.29 is 9.13 Å². The van der Waals surface area contributed by atoms with E-state index in [4.69, 9.17) is 10.5 Å². The van der Waals surface area contributed by atoms with E-state index in [0.29, 0.717) is 12.5 Å². The number of hydrogen-bond donors (Lipinski definition) is 2. The number of rotatable bonds is 6. The third-order valence-electron chi connectivity index (χ3n) is 2.96. The van der Waals surface area contributed by atoms with Crippen molar-refractivity contribution in [3.8, 4) is 0 Å². The number of nitrogens with two attached hydrogens (primary N) is 1. The fourth-order valence-corrected chi connectivity index (χ4v) is 1.57. The number of benzene rings is 1. The molecule has 1 aromatic carbocycles. The molecule has 6 heteroatoms. The smallest absolute Gasteiger partial charge is 0.188 e. The van der Waals surface area contributed by atoms with E-state index in [9.17, 15) is 4.39 Å². The molecule has 4 nitrogen and oxygen atoms in total. The third-order valence-corrected chi connectivity index (χ3v) is 2.96. The average Bonchev–Trinajstić information content (AvgIpc) is 2.41. The van der Waals surface area contributed by atoms with Gasteiger partial charge in [-0.05, 0) is 31.0 Å². The van der Waals surface area contributed by atoms with E-state index in [-0.39, 0.29) is 41.9 Å². The van der Waals surface area contributed by atoms with E-state index in [2.05, 4.69) is 17.2 Å². The van der Waals surface area contributed by atoms with Crippen LogP contribution in [0.1, 0.15) is 31.9 Å². The number of halogens is 2. The molecule has 0 saturated heterocycles. The standard InChI is InChI=1S/C14H22FN3O.HI/c1-4-10(2)18-14(16)17-9-13(19-3)11-5-7-12(15)8-6-11;/h5-8,10,13H,4,9H2,1-3H3,(H3,16,17,18);1H. The minimum Gasteiger partial charge on any atom is -0.375 e. The van der Waals surface area contributed by atoms with Crippen LogP contribution in [0.25, 0.3) is 0 Å². The van der Waals surface area contributed by atoms with Crippen LogP contribution in [0.15, 0.2) is 29.3 Å². The van der Waals surface area contributed by atoms with Crippen LogP contribution >= 0.6 is 24.0 Å². The van der Waals surface area contributed by atoms with Crippen LogP contribution < -0.4 is 11.1 Å². The number of methoxy groups -OCH3 is 1. The topological polar surface area (TPSA) is 59.6 Å². The van der Waals surface area contributed by atoms with Gasteiger partial charge in [-0.2, -0.15) is 0 Å². The van der Waals surface area contributed by atoms with Crippen molar-refractivity contribution in [3.05, 3.63) is 35.6 Å². The second-order valence-electron chi connectivity index (χ2n) is 4.46.